The van der Waals surface area contributed by atoms with E-state index in [1.54, 1.807) is 28.0 Å². The lowest BCUT2D eigenvalue weighted by atomic mass is 10.1. The molecule has 1 fully saturated rings. The van der Waals surface area contributed by atoms with Gasteiger partial charge in [0.1, 0.15) is 12.7 Å². The summed E-state index contributed by atoms with van der Waals surface area (Å²) in [5.74, 6) is -2.53. The first-order valence-corrected chi connectivity index (χ1v) is 10.9. The molecule has 1 aliphatic heterocycles. The zero-order valence-corrected chi connectivity index (χ0v) is 17.2. The average Bonchev–Trinajstić information content (AvgIpc) is 3.29. The molecule has 2 aromatic carbocycles. The van der Waals surface area contributed by atoms with Crippen molar-refractivity contribution >= 4 is 15.9 Å². The van der Waals surface area contributed by atoms with Crippen LogP contribution in [0.4, 0.5) is 8.78 Å². The highest BCUT2D eigenvalue weighted by atomic mass is 32.2. The Morgan fingerprint density at radius 2 is 1.68 bits per heavy atom. The topological polar surface area (TPSA) is 88.4 Å². The summed E-state index contributed by atoms with van der Waals surface area (Å²) in [6.45, 7) is 1.06. The molecule has 0 atom stereocenters. The van der Waals surface area contributed by atoms with E-state index in [9.17, 15) is 22.0 Å². The van der Waals surface area contributed by atoms with Crippen molar-refractivity contribution < 1.29 is 22.0 Å². The lowest BCUT2D eigenvalue weighted by Gasteiger charge is -2.34. The minimum Gasteiger partial charge on any atom is -0.336 e. The number of carbonyl (C=O) groups excluding carboxylic acids is 1. The molecule has 0 saturated carbocycles. The van der Waals surface area contributed by atoms with Crippen LogP contribution in [0.25, 0.3) is 0 Å². The first-order valence-electron chi connectivity index (χ1n) is 9.50. The molecule has 1 saturated heterocycles. The number of benzene rings is 2. The van der Waals surface area contributed by atoms with E-state index in [2.05, 4.69) is 10.1 Å². The Kier molecular flexibility index (Phi) is 5.79. The molecule has 0 unspecified atom stereocenters. The predicted molar refractivity (Wildman–Crippen MR) is 107 cm³/mol. The summed E-state index contributed by atoms with van der Waals surface area (Å²) in [5, 5.41) is 4.04. The van der Waals surface area contributed by atoms with Crippen LogP contribution in [0.1, 0.15) is 15.9 Å². The van der Waals surface area contributed by atoms with Crippen LogP contribution in [0.5, 0.6) is 0 Å². The van der Waals surface area contributed by atoms with E-state index < -0.39 is 21.7 Å². The quantitative estimate of drug-likeness (QED) is 0.595. The zero-order chi connectivity index (χ0) is 22.0. The van der Waals surface area contributed by atoms with Gasteiger partial charge in [-0.1, -0.05) is 12.1 Å². The van der Waals surface area contributed by atoms with Crippen molar-refractivity contribution in [1.29, 1.82) is 0 Å². The van der Waals surface area contributed by atoms with Gasteiger partial charge in [-0.25, -0.2) is 26.9 Å². The fraction of sp³-hybridized carbons (Fsp3) is 0.250. The summed E-state index contributed by atoms with van der Waals surface area (Å²) in [6.07, 6.45) is 3.05. The molecule has 1 aromatic heterocycles. The van der Waals surface area contributed by atoms with E-state index in [1.165, 1.54) is 10.6 Å². The Labute approximate surface area is 177 Å². The standard InChI is InChI=1S/C20H19F2N5O3S/c21-18-6-5-17(11-19(18)22)31(29,30)27-9-7-25(8-10-27)20(28)16-3-1-15(2-4-16)12-26-14-23-13-24-26/h1-6,11,13-14H,7-10,12H2. The highest BCUT2D eigenvalue weighted by molar-refractivity contribution is 7.89. The number of hydrogen-bond donors (Lipinski definition) is 0. The molecule has 4 rings (SSSR count). The van der Waals surface area contributed by atoms with Crippen molar-refractivity contribution in [3.05, 3.63) is 77.9 Å². The highest BCUT2D eigenvalue weighted by Crippen LogP contribution is 2.20. The van der Waals surface area contributed by atoms with Gasteiger partial charge >= 0.3 is 0 Å². The summed E-state index contributed by atoms with van der Waals surface area (Å²) in [4.78, 5) is 17.9. The fourth-order valence-corrected chi connectivity index (χ4v) is 4.79. The number of amides is 1. The molecule has 162 valence electrons. The van der Waals surface area contributed by atoms with E-state index in [-0.39, 0.29) is 37.0 Å². The largest absolute Gasteiger partial charge is 0.336 e. The van der Waals surface area contributed by atoms with Gasteiger partial charge in [0.15, 0.2) is 11.6 Å². The first-order chi connectivity index (χ1) is 14.8. The number of rotatable bonds is 5. The molecule has 2 heterocycles. The maximum Gasteiger partial charge on any atom is 0.253 e. The normalized spacial score (nSPS) is 15.2. The Morgan fingerprint density at radius 3 is 2.29 bits per heavy atom. The van der Waals surface area contributed by atoms with Gasteiger partial charge in [-0.05, 0) is 35.9 Å². The SMILES string of the molecule is O=C(c1ccc(Cn2cncn2)cc1)N1CCN(S(=O)(=O)c2ccc(F)c(F)c2)CC1. The second kappa shape index (κ2) is 8.52. The monoisotopic (exact) mass is 447 g/mol. The number of halogens is 2. The van der Waals surface area contributed by atoms with E-state index in [1.807, 2.05) is 12.1 Å². The third-order valence-electron chi connectivity index (χ3n) is 5.07. The second-order valence-electron chi connectivity index (χ2n) is 7.06. The van der Waals surface area contributed by atoms with Crippen molar-refractivity contribution in [3.8, 4) is 0 Å². The summed E-state index contributed by atoms with van der Waals surface area (Å²) in [6, 6.07) is 9.60. The van der Waals surface area contributed by atoms with Crippen LogP contribution in [-0.2, 0) is 16.6 Å². The fourth-order valence-electron chi connectivity index (χ4n) is 3.35. The van der Waals surface area contributed by atoms with Crippen molar-refractivity contribution in [2.45, 2.75) is 11.4 Å². The van der Waals surface area contributed by atoms with Gasteiger partial charge < -0.3 is 4.90 Å². The van der Waals surface area contributed by atoms with Gasteiger partial charge in [0.05, 0.1) is 11.4 Å². The lowest BCUT2D eigenvalue weighted by molar-refractivity contribution is 0.0698. The molecule has 31 heavy (non-hydrogen) atoms. The third kappa shape index (κ3) is 4.47. The summed E-state index contributed by atoms with van der Waals surface area (Å²) >= 11 is 0. The number of piperazine rings is 1. The van der Waals surface area contributed by atoms with Gasteiger partial charge in [-0.3, -0.25) is 4.79 Å². The Balaban J connectivity index is 1.39. The Bertz CT molecular complexity index is 1180. The molecule has 0 spiro atoms. The summed E-state index contributed by atoms with van der Waals surface area (Å²) in [5.41, 5.74) is 1.46. The van der Waals surface area contributed by atoms with Gasteiger partial charge in [0.25, 0.3) is 5.91 Å². The number of sulfonamides is 1. The molecule has 0 N–H and O–H groups in total. The van der Waals surface area contributed by atoms with E-state index in [0.29, 0.717) is 18.2 Å². The summed E-state index contributed by atoms with van der Waals surface area (Å²) < 4.78 is 54.8. The number of carbonyl (C=O) groups is 1. The van der Waals surface area contributed by atoms with E-state index >= 15 is 0 Å². The number of nitrogens with zero attached hydrogens (tertiary/aromatic N) is 5. The van der Waals surface area contributed by atoms with Crippen LogP contribution in [0.15, 0.2) is 60.0 Å². The van der Waals surface area contributed by atoms with E-state index in [4.69, 9.17) is 0 Å². The smallest absolute Gasteiger partial charge is 0.253 e. The predicted octanol–water partition coefficient (Wildman–Crippen LogP) is 1.75. The van der Waals surface area contributed by atoms with Crippen LogP contribution in [0.2, 0.25) is 0 Å². The lowest BCUT2D eigenvalue weighted by Crippen LogP contribution is -2.50. The van der Waals surface area contributed by atoms with Crippen molar-refractivity contribution in [1.82, 2.24) is 24.0 Å². The van der Waals surface area contributed by atoms with Gasteiger partial charge in [0, 0.05) is 31.7 Å². The molecular formula is C20H19F2N5O3S. The van der Waals surface area contributed by atoms with E-state index in [0.717, 1.165) is 17.7 Å². The zero-order valence-electron chi connectivity index (χ0n) is 16.4. The third-order valence-corrected chi connectivity index (χ3v) is 6.96. The van der Waals surface area contributed by atoms with Gasteiger partial charge in [0.2, 0.25) is 10.0 Å². The van der Waals surface area contributed by atoms with Crippen molar-refractivity contribution in [3.63, 3.8) is 0 Å². The maximum atomic E-state index is 13.4. The molecule has 8 nitrogen and oxygen atoms in total. The second-order valence-corrected chi connectivity index (χ2v) is 9.00. The highest BCUT2D eigenvalue weighted by Gasteiger charge is 2.31. The van der Waals surface area contributed by atoms with Crippen LogP contribution >= 0.6 is 0 Å². The van der Waals surface area contributed by atoms with Crippen LogP contribution in [0, 0.1) is 11.6 Å². The summed E-state index contributed by atoms with van der Waals surface area (Å²) in [7, 11) is -3.97. The maximum absolute atomic E-state index is 13.4. The molecule has 1 amide bonds. The molecule has 0 bridgehead atoms. The first kappa shape index (κ1) is 21.1. The molecule has 11 heteroatoms. The molecule has 0 aliphatic carbocycles. The van der Waals surface area contributed by atoms with Crippen LogP contribution in [0.3, 0.4) is 0 Å². The minimum absolute atomic E-state index is 0.0669. The molecular weight excluding hydrogens is 428 g/mol. The number of aromatic nitrogens is 3. The van der Waals surface area contributed by atoms with Crippen LogP contribution in [-0.4, -0.2) is 64.5 Å². The molecule has 1 aliphatic rings. The Hall–Kier alpha value is -3.18. The van der Waals surface area contributed by atoms with Gasteiger partial charge in [-0.15, -0.1) is 0 Å². The minimum atomic E-state index is -3.97. The Morgan fingerprint density at radius 1 is 0.968 bits per heavy atom. The van der Waals surface area contributed by atoms with Crippen molar-refractivity contribution in [2.24, 2.45) is 0 Å². The number of hydrogen-bond acceptors (Lipinski definition) is 5. The average molecular weight is 447 g/mol. The van der Waals surface area contributed by atoms with Crippen molar-refractivity contribution in [2.75, 3.05) is 26.2 Å². The molecule has 0 radical (unpaired) electrons. The van der Waals surface area contributed by atoms with Gasteiger partial charge in [-0.2, -0.15) is 9.40 Å². The molecule has 3 aromatic rings. The van der Waals surface area contributed by atoms with Crippen LogP contribution < -0.4 is 0 Å².